The van der Waals surface area contributed by atoms with Crippen LogP contribution in [0.15, 0.2) is 42.2 Å². The van der Waals surface area contributed by atoms with Gasteiger partial charge in [-0.15, -0.1) is 0 Å². The van der Waals surface area contributed by atoms with Crippen molar-refractivity contribution >= 4 is 30.0 Å². The van der Waals surface area contributed by atoms with Gasteiger partial charge in [0.25, 0.3) is 0 Å². The first-order chi connectivity index (χ1) is 23.6. The number of ether oxygens (including phenoxy) is 7. The quantitative estimate of drug-likeness (QED) is 0.106. The number of esters is 4. The highest BCUT2D eigenvalue weighted by Crippen LogP contribution is 2.51. The smallest absolute Gasteiger partial charge is 0.330 e. The van der Waals surface area contributed by atoms with E-state index in [1.807, 2.05) is 13.8 Å². The predicted molar refractivity (Wildman–Crippen MR) is 168 cm³/mol. The maximum atomic E-state index is 12.7. The van der Waals surface area contributed by atoms with Crippen molar-refractivity contribution in [3.05, 3.63) is 47.7 Å². The molecule has 1 aromatic rings. The Morgan fingerprint density at radius 1 is 0.960 bits per heavy atom. The van der Waals surface area contributed by atoms with Crippen LogP contribution in [0.5, 0.6) is 5.75 Å². The van der Waals surface area contributed by atoms with Crippen LogP contribution in [0.3, 0.4) is 0 Å². The summed E-state index contributed by atoms with van der Waals surface area (Å²) < 4.78 is 38.6. The standard InChI is InChI=1S/C34H44O16/c1-17(2)11-27(39)50-32-28-23(12-25(48-19(4)36)34(28,43)16-47-18(3)35)21(13-45-32)14-46-33-31(42)30(41)29(40)24(49-33)15-44-26(38)10-7-20-5-8-22(37)9-6-20/h5-10,13,17,23-25,28-33,37,40-43H,11-12,14-16H2,1-4H3/t23-,24+,25+,28-,29+,30+,31-,32+,33-,34-/m1/s1. The molecule has 2 heterocycles. The highest BCUT2D eigenvalue weighted by Gasteiger charge is 2.63. The summed E-state index contributed by atoms with van der Waals surface area (Å²) in [5.41, 5.74) is -1.10. The van der Waals surface area contributed by atoms with E-state index in [1.54, 1.807) is 12.1 Å². The topological polar surface area (TPSA) is 234 Å². The lowest BCUT2D eigenvalue weighted by atomic mass is 9.80. The minimum Gasteiger partial charge on any atom is -0.508 e. The lowest BCUT2D eigenvalue weighted by Crippen LogP contribution is -2.59. The molecule has 1 saturated carbocycles. The number of hydrogen-bond donors (Lipinski definition) is 5. The molecule has 50 heavy (non-hydrogen) atoms. The third-order valence-electron chi connectivity index (χ3n) is 8.57. The first-order valence-corrected chi connectivity index (χ1v) is 16.1. The number of carbonyl (C=O) groups is 4. The van der Waals surface area contributed by atoms with E-state index in [0.717, 1.165) is 19.9 Å². The largest absolute Gasteiger partial charge is 0.508 e. The molecule has 1 saturated heterocycles. The third kappa shape index (κ3) is 9.58. The minimum absolute atomic E-state index is 0.0234. The Balaban J connectivity index is 1.48. The highest BCUT2D eigenvalue weighted by atomic mass is 16.7. The number of phenolic OH excluding ortho intramolecular Hbond substituents is 1. The molecule has 0 aromatic heterocycles. The number of carbonyl (C=O) groups excluding carboxylic acids is 4. The van der Waals surface area contributed by atoms with Gasteiger partial charge in [0.05, 0.1) is 18.8 Å². The molecular weight excluding hydrogens is 664 g/mol. The van der Waals surface area contributed by atoms with E-state index < -0.39 is 97.6 Å². The number of phenols is 1. The summed E-state index contributed by atoms with van der Waals surface area (Å²) >= 11 is 0. The average molecular weight is 709 g/mol. The van der Waals surface area contributed by atoms with Gasteiger partial charge in [-0.1, -0.05) is 26.0 Å². The number of rotatable bonds is 13. The van der Waals surface area contributed by atoms with Gasteiger partial charge in [0.2, 0.25) is 6.29 Å². The summed E-state index contributed by atoms with van der Waals surface area (Å²) in [6.07, 6.45) is -6.77. The zero-order valence-corrected chi connectivity index (χ0v) is 28.1. The van der Waals surface area contributed by atoms with E-state index >= 15 is 0 Å². The molecule has 4 rings (SSSR count). The van der Waals surface area contributed by atoms with Crippen LogP contribution >= 0.6 is 0 Å². The van der Waals surface area contributed by atoms with Crippen molar-refractivity contribution < 1.29 is 77.9 Å². The van der Waals surface area contributed by atoms with Crippen molar-refractivity contribution in [3.8, 4) is 5.75 Å². The van der Waals surface area contributed by atoms with Crippen LogP contribution in [0.4, 0.5) is 0 Å². The molecule has 10 atom stereocenters. The van der Waals surface area contributed by atoms with Gasteiger partial charge in [-0.2, -0.15) is 0 Å². The van der Waals surface area contributed by atoms with Crippen molar-refractivity contribution in [2.24, 2.45) is 17.8 Å². The molecule has 0 radical (unpaired) electrons. The van der Waals surface area contributed by atoms with E-state index in [-0.39, 0.29) is 31.1 Å². The average Bonchev–Trinajstić information content (AvgIpc) is 3.33. The van der Waals surface area contributed by atoms with Crippen molar-refractivity contribution in [2.45, 2.75) is 89.2 Å². The molecule has 1 aliphatic carbocycles. The number of aromatic hydroxyl groups is 1. The van der Waals surface area contributed by atoms with Gasteiger partial charge < -0.3 is 58.7 Å². The molecule has 5 N–H and O–H groups in total. The van der Waals surface area contributed by atoms with E-state index in [0.29, 0.717) is 11.1 Å². The van der Waals surface area contributed by atoms with Crippen LogP contribution in [-0.4, -0.2) is 118 Å². The Morgan fingerprint density at radius 3 is 2.30 bits per heavy atom. The number of hydrogen-bond acceptors (Lipinski definition) is 16. The zero-order valence-electron chi connectivity index (χ0n) is 28.1. The Labute approximate surface area is 288 Å². The first kappa shape index (κ1) is 38.7. The van der Waals surface area contributed by atoms with E-state index in [2.05, 4.69) is 0 Å². The maximum Gasteiger partial charge on any atom is 0.330 e. The Bertz CT molecular complexity index is 1420. The van der Waals surface area contributed by atoms with Crippen LogP contribution in [0, 0.1) is 17.8 Å². The van der Waals surface area contributed by atoms with Gasteiger partial charge in [-0.3, -0.25) is 14.4 Å². The lowest BCUT2D eigenvalue weighted by Gasteiger charge is -2.42. The van der Waals surface area contributed by atoms with Crippen LogP contribution in [0.25, 0.3) is 6.08 Å². The molecular formula is C34H44O16. The molecule has 3 aliphatic rings. The summed E-state index contributed by atoms with van der Waals surface area (Å²) in [6, 6.07) is 6.03. The fraction of sp³-hybridized carbons (Fsp3) is 0.588. The summed E-state index contributed by atoms with van der Waals surface area (Å²) in [7, 11) is 0. The monoisotopic (exact) mass is 708 g/mol. The molecule has 16 heteroatoms. The van der Waals surface area contributed by atoms with Crippen LogP contribution in [0.1, 0.15) is 46.1 Å². The molecule has 0 spiro atoms. The molecule has 0 bridgehead atoms. The predicted octanol–water partition coefficient (Wildman–Crippen LogP) is 0.464. The van der Waals surface area contributed by atoms with Gasteiger partial charge in [0.1, 0.15) is 55.1 Å². The first-order valence-electron chi connectivity index (χ1n) is 16.1. The minimum atomic E-state index is -2.06. The van der Waals surface area contributed by atoms with Crippen molar-refractivity contribution in [1.29, 1.82) is 0 Å². The maximum absolute atomic E-state index is 12.7. The number of aliphatic hydroxyl groups is 4. The number of aliphatic hydroxyl groups excluding tert-OH is 3. The molecule has 2 aliphatic heterocycles. The van der Waals surface area contributed by atoms with Gasteiger partial charge in [-0.05, 0) is 41.7 Å². The Kier molecular flexibility index (Phi) is 13.0. The van der Waals surface area contributed by atoms with Crippen LogP contribution in [0.2, 0.25) is 0 Å². The van der Waals surface area contributed by atoms with Crippen molar-refractivity contribution in [3.63, 3.8) is 0 Å². The molecule has 0 amide bonds. The summed E-state index contributed by atoms with van der Waals surface area (Å²) in [4.78, 5) is 48.7. The highest BCUT2D eigenvalue weighted by molar-refractivity contribution is 5.87. The van der Waals surface area contributed by atoms with Gasteiger partial charge in [0.15, 0.2) is 6.29 Å². The summed E-state index contributed by atoms with van der Waals surface area (Å²) in [6.45, 7) is 4.42. The normalized spacial score (nSPS) is 32.1. The lowest BCUT2D eigenvalue weighted by molar-refractivity contribution is -0.300. The molecule has 16 nitrogen and oxygen atoms in total. The number of fused-ring (bicyclic) bond motifs is 1. The van der Waals surface area contributed by atoms with Gasteiger partial charge >= 0.3 is 23.9 Å². The van der Waals surface area contributed by atoms with Crippen LogP contribution in [-0.2, 0) is 52.3 Å². The fourth-order valence-electron chi connectivity index (χ4n) is 6.12. The zero-order chi connectivity index (χ0) is 36.7. The van der Waals surface area contributed by atoms with E-state index in [1.165, 1.54) is 24.5 Å². The van der Waals surface area contributed by atoms with E-state index in [4.69, 9.17) is 33.2 Å². The molecule has 276 valence electrons. The van der Waals surface area contributed by atoms with Gasteiger partial charge in [0, 0.05) is 32.3 Å². The van der Waals surface area contributed by atoms with Crippen LogP contribution < -0.4 is 0 Å². The second-order valence-electron chi connectivity index (χ2n) is 12.9. The molecule has 1 aromatic carbocycles. The Morgan fingerprint density at radius 2 is 1.66 bits per heavy atom. The van der Waals surface area contributed by atoms with Gasteiger partial charge in [-0.25, -0.2) is 4.79 Å². The van der Waals surface area contributed by atoms with Crippen molar-refractivity contribution in [1.82, 2.24) is 0 Å². The Hall–Kier alpha value is -4.06. The second-order valence-corrected chi connectivity index (χ2v) is 12.9. The van der Waals surface area contributed by atoms with Crippen molar-refractivity contribution in [2.75, 3.05) is 19.8 Å². The summed E-state index contributed by atoms with van der Waals surface area (Å²) in [5.74, 6) is -4.70. The van der Waals surface area contributed by atoms with E-state index in [9.17, 15) is 44.7 Å². The SMILES string of the molecule is CC(=O)OC[C@]1(O)[C@H]2[C@H](OC(=O)CC(C)C)OC=C(CO[C@@H]3O[C@@H](COC(=O)C=Cc4ccc(O)cc4)[C@H](O)[C@H](O)[C@H]3O)[C@H]2C[C@@H]1OC(C)=O. The summed E-state index contributed by atoms with van der Waals surface area (Å²) in [5, 5.41) is 53.0. The molecule has 2 fully saturated rings. The molecule has 0 unspecified atom stereocenters. The number of benzene rings is 1. The third-order valence-corrected chi connectivity index (χ3v) is 8.57. The second kappa shape index (κ2) is 16.8. The fourth-order valence-corrected chi connectivity index (χ4v) is 6.12.